The van der Waals surface area contributed by atoms with Crippen LogP contribution in [0.3, 0.4) is 0 Å². The molecule has 0 aliphatic heterocycles. The number of aromatic nitrogens is 1. The quantitative estimate of drug-likeness (QED) is 0.908. The average molecular weight is 249 g/mol. The normalized spacial score (nSPS) is 12.0. The highest BCUT2D eigenvalue weighted by Crippen LogP contribution is 2.27. The van der Waals surface area contributed by atoms with Crippen molar-refractivity contribution in [2.24, 2.45) is 12.5 Å². The van der Waals surface area contributed by atoms with Crippen molar-refractivity contribution in [2.45, 2.75) is 20.3 Å². The first-order chi connectivity index (χ1) is 8.33. The Kier molecular flexibility index (Phi) is 2.89. The average Bonchev–Trinajstić information content (AvgIpc) is 2.56. The number of hydrogen-bond donors (Lipinski definition) is 1. The van der Waals surface area contributed by atoms with Crippen LogP contribution in [-0.2, 0) is 18.3 Å². The van der Waals surface area contributed by atoms with Gasteiger partial charge in [0.2, 0.25) is 0 Å². The standard InChI is InChI=1S/C14H16FNO2/c1-14(2,13(17)18)8-10-7-9-5-4-6-11(15)12(9)16(10)3/h4-7H,8H2,1-3H3,(H,17,18). The summed E-state index contributed by atoms with van der Waals surface area (Å²) in [6.07, 6.45) is 0.368. The van der Waals surface area contributed by atoms with E-state index in [2.05, 4.69) is 0 Å². The van der Waals surface area contributed by atoms with Gasteiger partial charge in [-0.25, -0.2) is 4.39 Å². The number of fused-ring (bicyclic) bond motifs is 1. The summed E-state index contributed by atoms with van der Waals surface area (Å²) in [4.78, 5) is 11.1. The minimum absolute atomic E-state index is 0.283. The maximum atomic E-state index is 13.7. The van der Waals surface area contributed by atoms with Crippen LogP contribution in [0.25, 0.3) is 10.9 Å². The van der Waals surface area contributed by atoms with Crippen molar-refractivity contribution in [3.8, 4) is 0 Å². The van der Waals surface area contributed by atoms with Crippen LogP contribution in [0.2, 0.25) is 0 Å². The molecular formula is C14H16FNO2. The minimum atomic E-state index is -0.862. The van der Waals surface area contributed by atoms with Gasteiger partial charge in [-0.1, -0.05) is 12.1 Å². The molecule has 4 heteroatoms. The molecule has 0 aliphatic carbocycles. The first kappa shape index (κ1) is 12.6. The van der Waals surface area contributed by atoms with Gasteiger partial charge in [-0.15, -0.1) is 0 Å². The number of carboxylic acid groups (broad SMARTS) is 1. The van der Waals surface area contributed by atoms with Crippen molar-refractivity contribution in [3.05, 3.63) is 35.8 Å². The summed E-state index contributed by atoms with van der Waals surface area (Å²) in [5.74, 6) is -1.14. The number of hydrogen-bond acceptors (Lipinski definition) is 1. The zero-order valence-electron chi connectivity index (χ0n) is 10.7. The van der Waals surface area contributed by atoms with Gasteiger partial charge in [0.1, 0.15) is 5.82 Å². The van der Waals surface area contributed by atoms with Crippen LogP contribution < -0.4 is 0 Å². The first-order valence-corrected chi connectivity index (χ1v) is 5.79. The zero-order valence-corrected chi connectivity index (χ0v) is 10.7. The van der Waals surface area contributed by atoms with Gasteiger partial charge in [0, 0.05) is 24.5 Å². The number of aryl methyl sites for hydroxylation is 1. The topological polar surface area (TPSA) is 42.2 Å². The van der Waals surface area contributed by atoms with Crippen LogP contribution in [0.1, 0.15) is 19.5 Å². The molecule has 3 nitrogen and oxygen atoms in total. The van der Waals surface area contributed by atoms with Crippen LogP contribution in [-0.4, -0.2) is 15.6 Å². The van der Waals surface area contributed by atoms with Gasteiger partial charge in [0.15, 0.2) is 0 Å². The summed E-state index contributed by atoms with van der Waals surface area (Å²) >= 11 is 0. The fourth-order valence-electron chi connectivity index (χ4n) is 2.12. The van der Waals surface area contributed by atoms with Crippen LogP contribution in [0.4, 0.5) is 4.39 Å². The molecule has 96 valence electrons. The van der Waals surface area contributed by atoms with Crippen molar-refractivity contribution in [2.75, 3.05) is 0 Å². The van der Waals surface area contributed by atoms with E-state index < -0.39 is 11.4 Å². The number of carbonyl (C=O) groups is 1. The molecule has 0 amide bonds. The number of benzene rings is 1. The van der Waals surface area contributed by atoms with Gasteiger partial charge in [-0.05, 0) is 26.0 Å². The summed E-state index contributed by atoms with van der Waals surface area (Å²) in [6.45, 7) is 3.34. The number of para-hydroxylation sites is 1. The van der Waals surface area contributed by atoms with E-state index in [1.165, 1.54) is 6.07 Å². The Balaban J connectivity index is 2.51. The Morgan fingerprint density at radius 1 is 1.44 bits per heavy atom. The van der Waals surface area contributed by atoms with E-state index in [0.29, 0.717) is 11.9 Å². The highest BCUT2D eigenvalue weighted by Gasteiger charge is 2.29. The fraction of sp³-hybridized carbons (Fsp3) is 0.357. The molecule has 1 aromatic carbocycles. The molecule has 0 bridgehead atoms. The monoisotopic (exact) mass is 249 g/mol. The number of halogens is 1. The molecule has 0 atom stereocenters. The Hall–Kier alpha value is -1.84. The third-order valence-corrected chi connectivity index (χ3v) is 3.31. The maximum absolute atomic E-state index is 13.7. The van der Waals surface area contributed by atoms with Gasteiger partial charge < -0.3 is 9.67 Å². The van der Waals surface area contributed by atoms with Crippen LogP contribution in [0.15, 0.2) is 24.3 Å². The van der Waals surface area contributed by atoms with Crippen LogP contribution in [0, 0.1) is 11.2 Å². The first-order valence-electron chi connectivity index (χ1n) is 5.79. The van der Waals surface area contributed by atoms with E-state index in [0.717, 1.165) is 11.1 Å². The molecule has 0 unspecified atom stereocenters. The third-order valence-electron chi connectivity index (χ3n) is 3.31. The number of rotatable bonds is 3. The Morgan fingerprint density at radius 2 is 2.11 bits per heavy atom. The molecule has 0 spiro atoms. The van der Waals surface area contributed by atoms with E-state index in [-0.39, 0.29) is 5.82 Å². The highest BCUT2D eigenvalue weighted by molar-refractivity contribution is 5.82. The van der Waals surface area contributed by atoms with Crippen molar-refractivity contribution in [1.82, 2.24) is 4.57 Å². The van der Waals surface area contributed by atoms with E-state index in [1.54, 1.807) is 31.5 Å². The van der Waals surface area contributed by atoms with Gasteiger partial charge >= 0.3 is 5.97 Å². The predicted octanol–water partition coefficient (Wildman–Crippen LogP) is 2.97. The van der Waals surface area contributed by atoms with E-state index in [1.807, 2.05) is 12.1 Å². The van der Waals surface area contributed by atoms with Crippen LogP contribution >= 0.6 is 0 Å². The molecule has 2 rings (SSSR count). The summed E-state index contributed by atoms with van der Waals surface area (Å²) < 4.78 is 15.4. The predicted molar refractivity (Wildman–Crippen MR) is 68.0 cm³/mol. The zero-order chi connectivity index (χ0) is 13.5. The summed E-state index contributed by atoms with van der Waals surface area (Å²) in [5, 5.41) is 9.94. The van der Waals surface area contributed by atoms with E-state index in [4.69, 9.17) is 5.11 Å². The van der Waals surface area contributed by atoms with E-state index >= 15 is 0 Å². The lowest BCUT2D eigenvalue weighted by molar-refractivity contribution is -0.146. The number of nitrogens with zero attached hydrogens (tertiary/aromatic N) is 1. The molecule has 0 saturated heterocycles. The molecular weight excluding hydrogens is 233 g/mol. The second-order valence-electron chi connectivity index (χ2n) is 5.24. The molecule has 1 N–H and O–H groups in total. The number of aliphatic carboxylic acids is 1. The second kappa shape index (κ2) is 4.12. The van der Waals surface area contributed by atoms with Crippen molar-refractivity contribution in [1.29, 1.82) is 0 Å². The molecule has 0 fully saturated rings. The molecule has 18 heavy (non-hydrogen) atoms. The Bertz CT molecular complexity index is 614. The lowest BCUT2D eigenvalue weighted by atomic mass is 9.88. The second-order valence-corrected chi connectivity index (χ2v) is 5.24. The van der Waals surface area contributed by atoms with Crippen LogP contribution in [0.5, 0.6) is 0 Å². The third kappa shape index (κ3) is 1.98. The van der Waals surface area contributed by atoms with Crippen molar-refractivity contribution in [3.63, 3.8) is 0 Å². The number of carboxylic acids is 1. The van der Waals surface area contributed by atoms with Crippen molar-refractivity contribution < 1.29 is 14.3 Å². The van der Waals surface area contributed by atoms with E-state index in [9.17, 15) is 9.18 Å². The fourth-order valence-corrected chi connectivity index (χ4v) is 2.12. The molecule has 1 heterocycles. The van der Waals surface area contributed by atoms with Gasteiger partial charge in [0.25, 0.3) is 0 Å². The smallest absolute Gasteiger partial charge is 0.309 e. The largest absolute Gasteiger partial charge is 0.481 e. The molecule has 1 aromatic heterocycles. The molecule has 0 saturated carbocycles. The highest BCUT2D eigenvalue weighted by atomic mass is 19.1. The minimum Gasteiger partial charge on any atom is -0.481 e. The van der Waals surface area contributed by atoms with Gasteiger partial charge in [0.05, 0.1) is 10.9 Å². The summed E-state index contributed by atoms with van der Waals surface area (Å²) in [5.41, 5.74) is 0.481. The van der Waals surface area contributed by atoms with Gasteiger partial charge in [-0.3, -0.25) is 4.79 Å². The Labute approximate surface area is 105 Å². The van der Waals surface area contributed by atoms with Gasteiger partial charge in [-0.2, -0.15) is 0 Å². The lowest BCUT2D eigenvalue weighted by Gasteiger charge is -2.19. The summed E-state index contributed by atoms with van der Waals surface area (Å²) in [6, 6.07) is 6.75. The maximum Gasteiger partial charge on any atom is 0.309 e. The van der Waals surface area contributed by atoms with Crippen molar-refractivity contribution >= 4 is 16.9 Å². The molecule has 0 radical (unpaired) electrons. The Morgan fingerprint density at radius 3 is 2.67 bits per heavy atom. The summed E-state index contributed by atoms with van der Waals surface area (Å²) in [7, 11) is 1.76. The molecule has 2 aromatic rings. The lowest BCUT2D eigenvalue weighted by Crippen LogP contribution is -2.27. The molecule has 0 aliphatic rings. The SMILES string of the molecule is Cn1c(CC(C)(C)C(=O)O)cc2cccc(F)c21.